The highest BCUT2D eigenvalue weighted by atomic mass is 19.4. The third-order valence-corrected chi connectivity index (χ3v) is 4.54. The van der Waals surface area contributed by atoms with Gasteiger partial charge in [-0.25, -0.2) is 0 Å². The van der Waals surface area contributed by atoms with Gasteiger partial charge in [-0.15, -0.1) is 0 Å². The van der Waals surface area contributed by atoms with E-state index >= 15 is 0 Å². The normalized spacial score (nSPS) is 28.6. The van der Waals surface area contributed by atoms with Crippen LogP contribution in [0.15, 0.2) is 0 Å². The largest absolute Gasteiger partial charge is 0.389 e. The summed E-state index contributed by atoms with van der Waals surface area (Å²) < 4.78 is 43.8. The Morgan fingerprint density at radius 3 is 2.33 bits per heavy atom. The van der Waals surface area contributed by atoms with Gasteiger partial charge in [0.15, 0.2) is 0 Å². The quantitative estimate of drug-likeness (QED) is 0.703. The fourth-order valence-corrected chi connectivity index (χ4v) is 3.31. The molecule has 126 valence electrons. The van der Waals surface area contributed by atoms with Gasteiger partial charge in [0, 0.05) is 19.1 Å². The van der Waals surface area contributed by atoms with Gasteiger partial charge in [-0.2, -0.15) is 13.2 Å². The minimum atomic E-state index is -4.10. The molecule has 1 fully saturated rings. The molecule has 21 heavy (non-hydrogen) atoms. The molecule has 0 radical (unpaired) electrons. The van der Waals surface area contributed by atoms with Crippen LogP contribution in [-0.2, 0) is 4.74 Å². The molecule has 0 bridgehead atoms. The lowest BCUT2D eigenvalue weighted by Crippen LogP contribution is -2.54. The van der Waals surface area contributed by atoms with E-state index in [9.17, 15) is 13.2 Å². The maximum atomic E-state index is 12.6. The van der Waals surface area contributed by atoms with Crippen molar-refractivity contribution in [3.8, 4) is 0 Å². The van der Waals surface area contributed by atoms with Crippen LogP contribution in [-0.4, -0.2) is 31.0 Å². The van der Waals surface area contributed by atoms with E-state index in [-0.39, 0.29) is 12.5 Å². The molecule has 0 amide bonds. The van der Waals surface area contributed by atoms with E-state index in [0.29, 0.717) is 12.5 Å². The minimum Gasteiger partial charge on any atom is -0.374 e. The number of nitrogens with one attached hydrogen (secondary N) is 1. The van der Waals surface area contributed by atoms with E-state index < -0.39 is 18.2 Å². The van der Waals surface area contributed by atoms with Crippen LogP contribution >= 0.6 is 0 Å². The first-order valence-corrected chi connectivity index (χ1v) is 8.27. The van der Waals surface area contributed by atoms with Crippen molar-refractivity contribution in [2.75, 3.05) is 13.2 Å². The molecular weight excluding hydrogens is 279 g/mol. The molecule has 5 heteroatoms. The lowest BCUT2D eigenvalue weighted by molar-refractivity contribution is -0.146. The number of ether oxygens (including phenoxy) is 1. The Kier molecular flexibility index (Phi) is 7.48. The molecule has 0 spiro atoms. The van der Waals surface area contributed by atoms with Crippen LogP contribution in [0.5, 0.6) is 0 Å². The van der Waals surface area contributed by atoms with Crippen LogP contribution in [0, 0.1) is 5.92 Å². The van der Waals surface area contributed by atoms with Crippen molar-refractivity contribution in [1.29, 1.82) is 0 Å². The highest BCUT2D eigenvalue weighted by Crippen LogP contribution is 2.39. The highest BCUT2D eigenvalue weighted by Gasteiger charge is 2.43. The number of alkyl halides is 3. The third-order valence-electron chi connectivity index (χ3n) is 4.54. The molecule has 0 aromatic rings. The third kappa shape index (κ3) is 6.15. The molecule has 0 aliphatic heterocycles. The summed E-state index contributed by atoms with van der Waals surface area (Å²) >= 11 is 0. The van der Waals surface area contributed by atoms with Gasteiger partial charge in [-0.3, -0.25) is 0 Å². The summed E-state index contributed by atoms with van der Waals surface area (Å²) in [5.74, 6) is 0.646. The van der Waals surface area contributed by atoms with Crippen LogP contribution < -0.4 is 5.32 Å². The van der Waals surface area contributed by atoms with Crippen molar-refractivity contribution in [3.05, 3.63) is 0 Å². The van der Waals surface area contributed by atoms with Crippen molar-refractivity contribution in [2.24, 2.45) is 5.92 Å². The van der Waals surface area contributed by atoms with Crippen molar-refractivity contribution >= 4 is 0 Å². The van der Waals surface area contributed by atoms with Crippen molar-refractivity contribution in [1.82, 2.24) is 5.32 Å². The van der Waals surface area contributed by atoms with Gasteiger partial charge in [0.25, 0.3) is 0 Å². The molecule has 0 aromatic heterocycles. The second kappa shape index (κ2) is 8.37. The van der Waals surface area contributed by atoms with Gasteiger partial charge in [0.05, 0.1) is 5.60 Å². The minimum absolute atomic E-state index is 0.109. The van der Waals surface area contributed by atoms with Gasteiger partial charge in [0.2, 0.25) is 0 Å². The summed E-state index contributed by atoms with van der Waals surface area (Å²) in [5.41, 5.74) is -0.415. The zero-order chi connectivity index (χ0) is 15.9. The Morgan fingerprint density at radius 1 is 1.24 bits per heavy atom. The number of rotatable bonds is 8. The fourth-order valence-electron chi connectivity index (χ4n) is 3.31. The lowest BCUT2D eigenvalue weighted by atomic mass is 9.74. The van der Waals surface area contributed by atoms with Crippen molar-refractivity contribution < 1.29 is 17.9 Å². The molecule has 2 nitrogen and oxygen atoms in total. The van der Waals surface area contributed by atoms with Gasteiger partial charge in [-0.05, 0) is 57.9 Å². The predicted octanol–water partition coefficient (Wildman–Crippen LogP) is 4.68. The summed E-state index contributed by atoms with van der Waals surface area (Å²) in [6, 6.07) is -0.202. The van der Waals surface area contributed by atoms with E-state index in [1.165, 1.54) is 0 Å². The number of hydrogen-bond acceptors (Lipinski definition) is 2. The topological polar surface area (TPSA) is 21.3 Å². The first-order valence-electron chi connectivity index (χ1n) is 8.27. The first-order chi connectivity index (χ1) is 9.83. The van der Waals surface area contributed by atoms with Crippen molar-refractivity contribution in [2.45, 2.75) is 83.5 Å². The molecule has 0 aromatic carbocycles. The maximum absolute atomic E-state index is 12.6. The van der Waals surface area contributed by atoms with Gasteiger partial charge >= 0.3 is 6.18 Å². The average Bonchev–Trinajstić information content (AvgIpc) is 2.41. The van der Waals surface area contributed by atoms with E-state index in [2.05, 4.69) is 12.2 Å². The van der Waals surface area contributed by atoms with Gasteiger partial charge in [0.1, 0.15) is 0 Å². The fraction of sp³-hybridized carbons (Fsp3) is 1.00. The predicted molar refractivity (Wildman–Crippen MR) is 79.4 cm³/mol. The number of halogens is 3. The number of hydrogen-bond donors (Lipinski definition) is 1. The van der Waals surface area contributed by atoms with Crippen LogP contribution in [0.3, 0.4) is 0 Å². The summed E-state index contributed by atoms with van der Waals surface area (Å²) in [5, 5.41) is 3.33. The molecule has 0 heterocycles. The van der Waals surface area contributed by atoms with Crippen molar-refractivity contribution in [3.63, 3.8) is 0 Å². The summed E-state index contributed by atoms with van der Waals surface area (Å²) in [7, 11) is 0. The average molecular weight is 309 g/mol. The summed E-state index contributed by atoms with van der Waals surface area (Å²) in [4.78, 5) is 0. The molecule has 1 aliphatic rings. The second-order valence-corrected chi connectivity index (χ2v) is 6.34. The van der Waals surface area contributed by atoms with Gasteiger partial charge < -0.3 is 10.1 Å². The Morgan fingerprint density at radius 2 is 1.86 bits per heavy atom. The van der Waals surface area contributed by atoms with E-state index in [1.54, 1.807) is 0 Å². The Labute approximate surface area is 126 Å². The van der Waals surface area contributed by atoms with Gasteiger partial charge in [-0.1, -0.05) is 13.8 Å². The molecule has 1 aliphatic carbocycles. The SMILES string of the molecule is CCCNC(CCC(F)(F)F)C1(OCC)CCC(C)CC1. The molecular formula is C16H30F3NO. The molecule has 1 unspecified atom stereocenters. The smallest absolute Gasteiger partial charge is 0.374 e. The Hall–Kier alpha value is -0.290. The second-order valence-electron chi connectivity index (χ2n) is 6.34. The van der Waals surface area contributed by atoms with Crippen LogP contribution in [0.1, 0.15) is 65.7 Å². The van der Waals surface area contributed by atoms with Crippen LogP contribution in [0.2, 0.25) is 0 Å². The first kappa shape index (κ1) is 18.8. The highest BCUT2D eigenvalue weighted by molar-refractivity contribution is 4.97. The summed E-state index contributed by atoms with van der Waals surface area (Å²) in [6.07, 6.45) is -0.00555. The van der Waals surface area contributed by atoms with E-state index in [1.807, 2.05) is 13.8 Å². The van der Waals surface area contributed by atoms with E-state index in [4.69, 9.17) is 4.74 Å². The zero-order valence-electron chi connectivity index (χ0n) is 13.6. The molecule has 1 rings (SSSR count). The van der Waals surface area contributed by atoms with E-state index in [0.717, 1.165) is 38.6 Å². The molecule has 1 N–H and O–H groups in total. The van der Waals surface area contributed by atoms with Crippen LogP contribution in [0.25, 0.3) is 0 Å². The summed E-state index contributed by atoms with van der Waals surface area (Å²) in [6.45, 7) is 7.47. The lowest BCUT2D eigenvalue weighted by Gasteiger charge is -2.45. The molecule has 1 saturated carbocycles. The maximum Gasteiger partial charge on any atom is 0.389 e. The zero-order valence-corrected chi connectivity index (χ0v) is 13.6. The molecule has 0 saturated heterocycles. The standard InChI is InChI=1S/C16H30F3NO/c1-4-12-20-14(8-11-16(17,18)19)15(21-5-2)9-6-13(3)7-10-15/h13-14,20H,4-12H2,1-3H3. The Balaban J connectivity index is 2.78. The monoisotopic (exact) mass is 309 g/mol. The Bertz CT molecular complexity index is 286. The van der Waals surface area contributed by atoms with Crippen LogP contribution in [0.4, 0.5) is 13.2 Å². The molecule has 1 atom stereocenters.